The summed E-state index contributed by atoms with van der Waals surface area (Å²) < 4.78 is 25.6. The fourth-order valence-electron chi connectivity index (χ4n) is 2.43. The molecule has 3 rings (SSSR count). The van der Waals surface area contributed by atoms with E-state index in [-0.39, 0.29) is 27.5 Å². The van der Waals surface area contributed by atoms with Crippen molar-refractivity contribution < 1.29 is 18.3 Å². The molecule has 0 unspecified atom stereocenters. The number of halogens is 1. The third-order valence-corrected chi connectivity index (χ3v) is 5.12. The lowest BCUT2D eigenvalue weighted by atomic mass is 10.2. The van der Waals surface area contributed by atoms with Gasteiger partial charge in [-0.25, -0.2) is 9.07 Å². The van der Waals surface area contributed by atoms with Crippen LogP contribution in [0.25, 0.3) is 11.5 Å². The van der Waals surface area contributed by atoms with Crippen LogP contribution in [0.1, 0.15) is 0 Å². The van der Waals surface area contributed by atoms with Gasteiger partial charge in [0.25, 0.3) is 4.84 Å². The maximum atomic E-state index is 13.8. The molecule has 0 spiro atoms. The van der Waals surface area contributed by atoms with Crippen LogP contribution in [0.3, 0.4) is 0 Å². The number of methoxy groups -OCH3 is 1. The van der Waals surface area contributed by atoms with Crippen LogP contribution in [0.2, 0.25) is 0 Å². The Morgan fingerprint density at radius 2 is 2.33 bits per heavy atom. The van der Waals surface area contributed by atoms with Crippen LogP contribution in [0.15, 0.2) is 28.7 Å². The highest BCUT2D eigenvalue weighted by molar-refractivity contribution is 8.00. The van der Waals surface area contributed by atoms with Crippen LogP contribution in [0.5, 0.6) is 0 Å². The van der Waals surface area contributed by atoms with E-state index >= 15 is 0 Å². The number of thioether (sulfide) groups is 1. The van der Waals surface area contributed by atoms with Crippen molar-refractivity contribution in [3.05, 3.63) is 34.9 Å². The quantitative estimate of drug-likeness (QED) is 0.606. The first-order valence-electron chi connectivity index (χ1n) is 7.33. The van der Waals surface area contributed by atoms with Crippen molar-refractivity contribution in [1.29, 1.82) is 0 Å². The van der Waals surface area contributed by atoms with Crippen molar-refractivity contribution in [2.24, 2.45) is 0 Å². The SMILES string of the molecule is COC(=O)[C@@H]1CN(Cn2nc(-c3ccccc3F)oc2=S)CCS1. The number of esters is 1. The Hall–Kier alpha value is -1.71. The van der Waals surface area contributed by atoms with Gasteiger partial charge in [-0.3, -0.25) is 9.69 Å². The fraction of sp³-hybridized carbons (Fsp3) is 0.400. The van der Waals surface area contributed by atoms with E-state index in [1.54, 1.807) is 30.0 Å². The molecular weight excluding hydrogens is 353 g/mol. The van der Waals surface area contributed by atoms with Crippen molar-refractivity contribution in [3.8, 4) is 11.5 Å². The van der Waals surface area contributed by atoms with E-state index in [1.807, 2.05) is 4.90 Å². The molecule has 1 aromatic carbocycles. The predicted octanol–water partition coefficient (Wildman–Crippen LogP) is 2.56. The van der Waals surface area contributed by atoms with Crippen LogP contribution in [0, 0.1) is 10.7 Å². The van der Waals surface area contributed by atoms with Gasteiger partial charge in [-0.2, -0.15) is 0 Å². The summed E-state index contributed by atoms with van der Waals surface area (Å²) in [5.41, 5.74) is 0.268. The van der Waals surface area contributed by atoms with Crippen LogP contribution in [-0.4, -0.2) is 51.9 Å². The Kier molecular flexibility index (Phi) is 5.32. The average molecular weight is 369 g/mol. The average Bonchev–Trinajstić information content (AvgIpc) is 2.95. The first-order chi connectivity index (χ1) is 11.6. The summed E-state index contributed by atoms with van der Waals surface area (Å²) in [7, 11) is 1.39. The lowest BCUT2D eigenvalue weighted by molar-refractivity contribution is -0.140. The van der Waals surface area contributed by atoms with E-state index in [0.29, 0.717) is 13.2 Å². The summed E-state index contributed by atoms with van der Waals surface area (Å²) in [6.45, 7) is 1.72. The normalized spacial score (nSPS) is 18.5. The number of hydrogen-bond donors (Lipinski definition) is 0. The maximum Gasteiger partial charge on any atom is 0.320 e. The minimum atomic E-state index is -0.416. The fourth-order valence-corrected chi connectivity index (χ4v) is 3.81. The summed E-state index contributed by atoms with van der Waals surface area (Å²) in [4.78, 5) is 13.9. The Bertz CT molecular complexity index is 792. The van der Waals surface area contributed by atoms with Gasteiger partial charge in [-0.05, 0) is 24.4 Å². The lowest BCUT2D eigenvalue weighted by Crippen LogP contribution is -2.42. The molecule has 24 heavy (non-hydrogen) atoms. The molecule has 0 aliphatic carbocycles. The molecule has 2 aromatic rings. The van der Waals surface area contributed by atoms with Gasteiger partial charge >= 0.3 is 5.97 Å². The van der Waals surface area contributed by atoms with E-state index < -0.39 is 5.82 Å². The molecule has 1 fully saturated rings. The second-order valence-electron chi connectivity index (χ2n) is 5.25. The van der Waals surface area contributed by atoms with E-state index in [0.717, 1.165) is 12.3 Å². The van der Waals surface area contributed by atoms with Crippen LogP contribution in [-0.2, 0) is 16.2 Å². The highest BCUT2D eigenvalue weighted by Crippen LogP contribution is 2.23. The van der Waals surface area contributed by atoms with Gasteiger partial charge in [0.1, 0.15) is 11.1 Å². The van der Waals surface area contributed by atoms with Gasteiger partial charge in [-0.15, -0.1) is 16.9 Å². The zero-order valence-corrected chi connectivity index (χ0v) is 14.6. The Balaban J connectivity index is 1.75. The van der Waals surface area contributed by atoms with Crippen LogP contribution >= 0.6 is 24.0 Å². The lowest BCUT2D eigenvalue weighted by Gasteiger charge is -2.30. The molecule has 128 valence electrons. The molecule has 1 atom stereocenters. The molecule has 0 saturated carbocycles. The van der Waals surface area contributed by atoms with Crippen LogP contribution in [0.4, 0.5) is 4.39 Å². The van der Waals surface area contributed by atoms with E-state index in [9.17, 15) is 9.18 Å². The van der Waals surface area contributed by atoms with Gasteiger partial charge in [-0.1, -0.05) is 12.1 Å². The third kappa shape index (κ3) is 3.68. The zero-order valence-electron chi connectivity index (χ0n) is 13.0. The number of hydrogen-bond acceptors (Lipinski definition) is 7. The highest BCUT2D eigenvalue weighted by Gasteiger charge is 2.27. The molecule has 0 amide bonds. The second-order valence-corrected chi connectivity index (χ2v) is 6.91. The zero-order chi connectivity index (χ0) is 17.1. The smallest absolute Gasteiger partial charge is 0.320 e. The number of ether oxygens (including phenoxy) is 1. The van der Waals surface area contributed by atoms with Gasteiger partial charge in [0.05, 0.1) is 19.3 Å². The monoisotopic (exact) mass is 369 g/mol. The van der Waals surface area contributed by atoms with E-state index in [4.69, 9.17) is 21.4 Å². The Morgan fingerprint density at radius 3 is 3.08 bits per heavy atom. The van der Waals surface area contributed by atoms with Gasteiger partial charge in [0.2, 0.25) is 5.89 Å². The largest absolute Gasteiger partial charge is 0.468 e. The molecule has 1 aromatic heterocycles. The number of carbonyl (C=O) groups is 1. The first-order valence-corrected chi connectivity index (χ1v) is 8.79. The molecule has 0 bridgehead atoms. The minimum Gasteiger partial charge on any atom is -0.468 e. The Labute approximate surface area is 147 Å². The van der Waals surface area contributed by atoms with Crippen molar-refractivity contribution in [1.82, 2.24) is 14.7 Å². The highest BCUT2D eigenvalue weighted by atomic mass is 32.2. The van der Waals surface area contributed by atoms with Gasteiger partial charge in [0.15, 0.2) is 0 Å². The second kappa shape index (κ2) is 7.45. The standard InChI is InChI=1S/C15H16FN3O3S2/c1-21-14(20)12-8-18(6-7-24-12)9-19-15(23)22-13(17-19)10-4-2-3-5-11(10)16/h2-5,12H,6-9H2,1H3/t12-/m0/s1. The van der Waals surface area contributed by atoms with Crippen LogP contribution < -0.4 is 0 Å². The first kappa shape index (κ1) is 17.1. The number of rotatable bonds is 4. The van der Waals surface area contributed by atoms with Crippen molar-refractivity contribution in [2.45, 2.75) is 11.9 Å². The summed E-state index contributed by atoms with van der Waals surface area (Å²) >= 11 is 6.75. The predicted molar refractivity (Wildman–Crippen MR) is 90.6 cm³/mol. The molecular formula is C15H16FN3O3S2. The molecule has 1 aliphatic rings. The molecule has 0 N–H and O–H groups in total. The number of aromatic nitrogens is 2. The van der Waals surface area contributed by atoms with Gasteiger partial charge < -0.3 is 9.15 Å². The maximum absolute atomic E-state index is 13.8. The minimum absolute atomic E-state index is 0.147. The summed E-state index contributed by atoms with van der Waals surface area (Å²) in [5, 5.41) is 4.04. The molecule has 1 aliphatic heterocycles. The molecule has 6 nitrogen and oxygen atoms in total. The number of carbonyl (C=O) groups excluding carboxylic acids is 1. The van der Waals surface area contributed by atoms with Crippen molar-refractivity contribution >= 4 is 29.9 Å². The summed E-state index contributed by atoms with van der Waals surface area (Å²) in [6.07, 6.45) is 0. The van der Waals surface area contributed by atoms with Crippen molar-refractivity contribution in [3.63, 3.8) is 0 Å². The summed E-state index contributed by atoms with van der Waals surface area (Å²) in [6, 6.07) is 6.24. The number of nitrogens with zero attached hydrogens (tertiary/aromatic N) is 3. The Morgan fingerprint density at radius 1 is 1.54 bits per heavy atom. The number of benzene rings is 1. The van der Waals surface area contributed by atoms with E-state index in [1.165, 1.54) is 17.9 Å². The van der Waals surface area contributed by atoms with Gasteiger partial charge in [0, 0.05) is 18.8 Å². The van der Waals surface area contributed by atoms with E-state index in [2.05, 4.69) is 5.10 Å². The molecule has 0 radical (unpaired) electrons. The molecule has 1 saturated heterocycles. The topological polar surface area (TPSA) is 60.5 Å². The molecule has 2 heterocycles. The third-order valence-electron chi connectivity index (χ3n) is 3.66. The summed E-state index contributed by atoms with van der Waals surface area (Å²) in [5.74, 6) is 0.306. The van der Waals surface area contributed by atoms with Crippen molar-refractivity contribution in [2.75, 3.05) is 26.0 Å². The molecule has 9 heteroatoms.